The van der Waals surface area contributed by atoms with Gasteiger partial charge in [-0.05, 0) is 60.1 Å². The number of rotatable bonds is 4. The first-order valence-electron chi connectivity index (χ1n) is 5.71. The molecule has 102 valence electrons. The van der Waals surface area contributed by atoms with Crippen molar-refractivity contribution in [3.05, 3.63) is 20.8 Å². The summed E-state index contributed by atoms with van der Waals surface area (Å²) in [4.78, 5) is 11.4. The SMILES string of the molecule is CC(C)(C)OC(=O)NCC(N)Cc1csc(Br)c1. The molecule has 0 aromatic carbocycles. The van der Waals surface area contributed by atoms with Crippen LogP contribution >= 0.6 is 27.3 Å². The van der Waals surface area contributed by atoms with Crippen LogP contribution in [0.5, 0.6) is 0 Å². The molecule has 1 aromatic rings. The van der Waals surface area contributed by atoms with Gasteiger partial charge in [0.05, 0.1) is 3.79 Å². The number of hydrogen-bond acceptors (Lipinski definition) is 4. The summed E-state index contributed by atoms with van der Waals surface area (Å²) in [7, 11) is 0. The highest BCUT2D eigenvalue weighted by Gasteiger charge is 2.16. The lowest BCUT2D eigenvalue weighted by Crippen LogP contribution is -2.41. The summed E-state index contributed by atoms with van der Waals surface area (Å²) in [6.45, 7) is 5.89. The summed E-state index contributed by atoms with van der Waals surface area (Å²) >= 11 is 5.03. The van der Waals surface area contributed by atoms with Gasteiger partial charge in [-0.15, -0.1) is 11.3 Å². The van der Waals surface area contributed by atoms with E-state index in [-0.39, 0.29) is 6.04 Å². The topological polar surface area (TPSA) is 64.3 Å². The first-order chi connectivity index (χ1) is 8.26. The first kappa shape index (κ1) is 15.5. The van der Waals surface area contributed by atoms with E-state index >= 15 is 0 Å². The molecule has 6 heteroatoms. The molecule has 0 saturated carbocycles. The van der Waals surface area contributed by atoms with Crippen molar-refractivity contribution in [2.24, 2.45) is 5.73 Å². The maximum atomic E-state index is 11.4. The lowest BCUT2D eigenvalue weighted by atomic mass is 10.1. The van der Waals surface area contributed by atoms with Gasteiger partial charge in [0.25, 0.3) is 0 Å². The van der Waals surface area contributed by atoms with Crippen LogP contribution in [-0.4, -0.2) is 24.3 Å². The molecule has 1 rings (SSSR count). The number of ether oxygens (including phenoxy) is 1. The summed E-state index contributed by atoms with van der Waals surface area (Å²) in [6.07, 6.45) is 0.308. The second-order valence-corrected chi connectivity index (χ2v) is 7.40. The molecule has 0 saturated heterocycles. The normalized spacial score (nSPS) is 13.2. The molecule has 0 fully saturated rings. The zero-order chi connectivity index (χ0) is 13.8. The van der Waals surface area contributed by atoms with Gasteiger partial charge in [-0.1, -0.05) is 0 Å². The Morgan fingerprint density at radius 2 is 2.28 bits per heavy atom. The average Bonchev–Trinajstić information content (AvgIpc) is 2.58. The Labute approximate surface area is 120 Å². The molecule has 1 amide bonds. The Morgan fingerprint density at radius 3 is 2.78 bits per heavy atom. The Morgan fingerprint density at radius 1 is 1.61 bits per heavy atom. The van der Waals surface area contributed by atoms with E-state index in [0.29, 0.717) is 6.54 Å². The third-order valence-electron chi connectivity index (χ3n) is 2.03. The van der Waals surface area contributed by atoms with Crippen LogP contribution < -0.4 is 11.1 Å². The van der Waals surface area contributed by atoms with Crippen LogP contribution in [0.4, 0.5) is 4.79 Å². The molecule has 1 atom stereocenters. The quantitative estimate of drug-likeness (QED) is 0.889. The fourth-order valence-electron chi connectivity index (χ4n) is 1.36. The van der Waals surface area contributed by atoms with Crippen molar-refractivity contribution in [2.45, 2.75) is 38.8 Å². The van der Waals surface area contributed by atoms with Gasteiger partial charge in [-0.2, -0.15) is 0 Å². The van der Waals surface area contributed by atoms with Crippen molar-refractivity contribution in [1.82, 2.24) is 5.32 Å². The first-order valence-corrected chi connectivity index (χ1v) is 7.39. The summed E-state index contributed by atoms with van der Waals surface area (Å²) in [6, 6.07) is 1.93. The van der Waals surface area contributed by atoms with Gasteiger partial charge >= 0.3 is 6.09 Å². The highest BCUT2D eigenvalue weighted by molar-refractivity contribution is 9.11. The summed E-state index contributed by atoms with van der Waals surface area (Å²) < 4.78 is 6.22. The van der Waals surface area contributed by atoms with Crippen LogP contribution in [0, 0.1) is 0 Å². The van der Waals surface area contributed by atoms with Crippen LogP contribution in [-0.2, 0) is 11.2 Å². The second-order valence-electron chi connectivity index (χ2n) is 5.11. The number of hydrogen-bond donors (Lipinski definition) is 2. The minimum atomic E-state index is -0.480. The highest BCUT2D eigenvalue weighted by atomic mass is 79.9. The van der Waals surface area contributed by atoms with E-state index in [1.54, 1.807) is 11.3 Å². The van der Waals surface area contributed by atoms with Gasteiger partial charge in [0.2, 0.25) is 0 Å². The molecule has 0 aliphatic heterocycles. The summed E-state index contributed by atoms with van der Waals surface area (Å²) in [5, 5.41) is 4.72. The third-order valence-corrected chi connectivity index (χ3v) is 3.58. The smallest absolute Gasteiger partial charge is 0.407 e. The second kappa shape index (κ2) is 6.54. The van der Waals surface area contributed by atoms with Crippen LogP contribution in [0.2, 0.25) is 0 Å². The van der Waals surface area contributed by atoms with Gasteiger partial charge in [0.15, 0.2) is 0 Å². The molecular weight excluding hydrogens is 316 g/mol. The van der Waals surface area contributed by atoms with E-state index in [1.807, 2.05) is 26.8 Å². The van der Waals surface area contributed by atoms with Crippen LogP contribution in [0.1, 0.15) is 26.3 Å². The number of amides is 1. The highest BCUT2D eigenvalue weighted by Crippen LogP contribution is 2.21. The van der Waals surface area contributed by atoms with Gasteiger partial charge in [0.1, 0.15) is 5.60 Å². The zero-order valence-electron chi connectivity index (χ0n) is 10.8. The van der Waals surface area contributed by atoms with E-state index in [9.17, 15) is 4.79 Å². The zero-order valence-corrected chi connectivity index (χ0v) is 13.2. The molecule has 0 spiro atoms. The molecule has 1 unspecified atom stereocenters. The summed E-state index contributed by atoms with van der Waals surface area (Å²) in [5.74, 6) is 0. The Bertz CT molecular complexity index is 401. The fourth-order valence-corrected chi connectivity index (χ4v) is 2.58. The molecule has 0 bridgehead atoms. The maximum Gasteiger partial charge on any atom is 0.407 e. The maximum absolute atomic E-state index is 11.4. The van der Waals surface area contributed by atoms with E-state index in [2.05, 4.69) is 26.6 Å². The molecular formula is C12H19BrN2O2S. The number of carbonyl (C=O) groups excluding carboxylic acids is 1. The summed E-state index contributed by atoms with van der Waals surface area (Å²) in [5.41, 5.74) is 6.64. The lowest BCUT2D eigenvalue weighted by molar-refractivity contribution is 0.0524. The van der Waals surface area contributed by atoms with Crippen molar-refractivity contribution in [3.8, 4) is 0 Å². The van der Waals surface area contributed by atoms with Gasteiger partial charge in [0, 0.05) is 12.6 Å². The van der Waals surface area contributed by atoms with E-state index in [0.717, 1.165) is 10.2 Å². The number of carbonyl (C=O) groups is 1. The van der Waals surface area contributed by atoms with Crippen molar-refractivity contribution >= 4 is 33.4 Å². The van der Waals surface area contributed by atoms with Gasteiger partial charge in [-0.25, -0.2) is 4.79 Å². The van der Waals surface area contributed by atoms with E-state index in [4.69, 9.17) is 10.5 Å². The Kier molecular flexibility index (Phi) is 5.62. The number of thiophene rings is 1. The van der Waals surface area contributed by atoms with Gasteiger partial charge < -0.3 is 15.8 Å². The van der Waals surface area contributed by atoms with E-state index < -0.39 is 11.7 Å². The molecule has 1 aromatic heterocycles. The number of halogens is 1. The minimum Gasteiger partial charge on any atom is -0.444 e. The van der Waals surface area contributed by atoms with Gasteiger partial charge in [-0.3, -0.25) is 0 Å². The monoisotopic (exact) mass is 334 g/mol. The van der Waals surface area contributed by atoms with E-state index in [1.165, 1.54) is 5.56 Å². The molecule has 3 N–H and O–H groups in total. The number of nitrogens with two attached hydrogens (primary N) is 1. The lowest BCUT2D eigenvalue weighted by Gasteiger charge is -2.20. The predicted molar refractivity (Wildman–Crippen MR) is 77.9 cm³/mol. The molecule has 4 nitrogen and oxygen atoms in total. The van der Waals surface area contributed by atoms with Crippen LogP contribution in [0.15, 0.2) is 15.2 Å². The largest absolute Gasteiger partial charge is 0.444 e. The molecule has 0 radical (unpaired) electrons. The van der Waals surface area contributed by atoms with Crippen LogP contribution in [0.25, 0.3) is 0 Å². The third kappa shape index (κ3) is 6.37. The fraction of sp³-hybridized carbons (Fsp3) is 0.583. The molecule has 18 heavy (non-hydrogen) atoms. The Balaban J connectivity index is 2.29. The average molecular weight is 335 g/mol. The Hall–Kier alpha value is -0.590. The van der Waals surface area contributed by atoms with Crippen molar-refractivity contribution in [2.75, 3.05) is 6.54 Å². The van der Waals surface area contributed by atoms with Crippen molar-refractivity contribution in [3.63, 3.8) is 0 Å². The van der Waals surface area contributed by atoms with Crippen LogP contribution in [0.3, 0.4) is 0 Å². The minimum absolute atomic E-state index is 0.112. The standard InChI is InChI=1S/C12H19BrN2O2S/c1-12(2,3)17-11(16)15-6-9(14)4-8-5-10(13)18-7-8/h5,7,9H,4,6,14H2,1-3H3,(H,15,16). The number of nitrogens with one attached hydrogen (secondary N) is 1. The van der Waals surface area contributed by atoms with Crippen molar-refractivity contribution in [1.29, 1.82) is 0 Å². The molecule has 1 heterocycles. The predicted octanol–water partition coefficient (Wildman–Crippen LogP) is 2.91. The molecule has 0 aliphatic rings. The molecule has 0 aliphatic carbocycles. The number of alkyl carbamates (subject to hydrolysis) is 1. The van der Waals surface area contributed by atoms with Crippen molar-refractivity contribution < 1.29 is 9.53 Å².